The Bertz CT molecular complexity index is 625. The number of ether oxygens (including phenoxy) is 1. The summed E-state index contributed by atoms with van der Waals surface area (Å²) in [5.41, 5.74) is 0. The monoisotopic (exact) mass is 446 g/mol. The predicted octanol–water partition coefficient (Wildman–Crippen LogP) is 3.64. The predicted molar refractivity (Wildman–Crippen MR) is 109 cm³/mol. The molecule has 26 heavy (non-hydrogen) atoms. The first-order valence-electron chi connectivity index (χ1n) is 9.53. The van der Waals surface area contributed by atoms with E-state index in [-0.39, 0.29) is 0 Å². The summed E-state index contributed by atoms with van der Waals surface area (Å²) < 4.78 is 34.4. The number of rotatable bonds is 10. The van der Waals surface area contributed by atoms with E-state index in [1.54, 1.807) is 24.3 Å². The maximum Gasteiger partial charge on any atom is 0.240 e. The molecule has 7 heteroatoms. The minimum absolute atomic E-state index is 0.314. The van der Waals surface area contributed by atoms with Crippen molar-refractivity contribution < 1.29 is 13.2 Å². The molecule has 0 aromatic heterocycles. The first-order chi connectivity index (χ1) is 12.4. The van der Waals surface area contributed by atoms with Gasteiger partial charge in [-0.25, -0.2) is 13.1 Å². The highest BCUT2D eigenvalue weighted by Gasteiger charge is 2.23. The third-order valence-corrected chi connectivity index (χ3v) is 7.10. The quantitative estimate of drug-likeness (QED) is 0.595. The standard InChI is InChI=1S/C19H31BrN2O3S/c1-3-22(4-2)13-14-25-18-9-5-16(6-10-18)15-21-26(23,24)19-11-7-17(20)8-12-19/h7-8,11-12,16,18,21H,3-6,9-10,13-15H2,1-2H3. The van der Waals surface area contributed by atoms with Crippen LogP contribution in [0.2, 0.25) is 0 Å². The zero-order valence-corrected chi connectivity index (χ0v) is 18.2. The highest BCUT2D eigenvalue weighted by molar-refractivity contribution is 9.10. The molecule has 1 fully saturated rings. The number of likely N-dealkylation sites (N-methyl/N-ethyl adjacent to an activating group) is 1. The molecule has 1 aromatic rings. The van der Waals surface area contributed by atoms with Gasteiger partial charge in [0, 0.05) is 17.6 Å². The van der Waals surface area contributed by atoms with Gasteiger partial charge in [0.05, 0.1) is 17.6 Å². The van der Waals surface area contributed by atoms with E-state index in [0.717, 1.165) is 56.4 Å². The second-order valence-electron chi connectivity index (χ2n) is 6.85. The SMILES string of the molecule is CCN(CC)CCOC1CCC(CNS(=O)(=O)c2ccc(Br)cc2)CC1. The largest absolute Gasteiger partial charge is 0.377 e. The minimum atomic E-state index is -3.43. The first kappa shape index (κ1) is 21.8. The number of benzene rings is 1. The fourth-order valence-electron chi connectivity index (χ4n) is 3.32. The van der Waals surface area contributed by atoms with E-state index in [0.29, 0.717) is 23.5 Å². The molecule has 2 rings (SSSR count). The Morgan fingerprint density at radius 2 is 1.73 bits per heavy atom. The van der Waals surface area contributed by atoms with E-state index in [1.807, 2.05) is 0 Å². The third-order valence-electron chi connectivity index (χ3n) is 5.14. The van der Waals surface area contributed by atoms with Crippen molar-refractivity contribution in [1.82, 2.24) is 9.62 Å². The average molecular weight is 447 g/mol. The fourth-order valence-corrected chi connectivity index (χ4v) is 4.70. The summed E-state index contributed by atoms with van der Waals surface area (Å²) in [7, 11) is -3.43. The molecule has 0 heterocycles. The number of hydrogen-bond acceptors (Lipinski definition) is 4. The minimum Gasteiger partial charge on any atom is -0.377 e. The van der Waals surface area contributed by atoms with Crippen LogP contribution in [0, 0.1) is 5.92 Å². The lowest BCUT2D eigenvalue weighted by Crippen LogP contribution is -2.34. The zero-order valence-electron chi connectivity index (χ0n) is 15.8. The molecule has 1 N–H and O–H groups in total. The van der Waals surface area contributed by atoms with Gasteiger partial charge in [0.25, 0.3) is 0 Å². The lowest BCUT2D eigenvalue weighted by Gasteiger charge is -2.29. The van der Waals surface area contributed by atoms with Crippen LogP contribution < -0.4 is 4.72 Å². The van der Waals surface area contributed by atoms with Gasteiger partial charge in [-0.3, -0.25) is 0 Å². The summed E-state index contributed by atoms with van der Waals surface area (Å²) >= 11 is 3.32. The van der Waals surface area contributed by atoms with Crippen molar-refractivity contribution >= 4 is 26.0 Å². The van der Waals surface area contributed by atoms with Crippen LogP contribution in [-0.2, 0) is 14.8 Å². The topological polar surface area (TPSA) is 58.6 Å². The molecule has 1 saturated carbocycles. The van der Waals surface area contributed by atoms with E-state index in [4.69, 9.17) is 4.74 Å². The highest BCUT2D eigenvalue weighted by atomic mass is 79.9. The summed E-state index contributed by atoms with van der Waals surface area (Å²) in [6.45, 7) is 8.74. The van der Waals surface area contributed by atoms with Gasteiger partial charge in [-0.15, -0.1) is 0 Å². The third kappa shape index (κ3) is 6.93. The maximum absolute atomic E-state index is 12.4. The number of nitrogens with zero attached hydrogens (tertiary/aromatic N) is 1. The Morgan fingerprint density at radius 1 is 1.12 bits per heavy atom. The van der Waals surface area contributed by atoms with E-state index < -0.39 is 10.0 Å². The second kappa shape index (κ2) is 10.8. The van der Waals surface area contributed by atoms with Crippen molar-refractivity contribution in [2.45, 2.75) is 50.5 Å². The summed E-state index contributed by atoms with van der Waals surface area (Å²) in [5, 5.41) is 0. The lowest BCUT2D eigenvalue weighted by molar-refractivity contribution is 0.00878. The van der Waals surface area contributed by atoms with Crippen molar-refractivity contribution in [1.29, 1.82) is 0 Å². The molecular formula is C19H31BrN2O3S. The molecule has 1 aliphatic rings. The molecule has 0 unspecified atom stereocenters. The van der Waals surface area contributed by atoms with Gasteiger partial charge in [0.2, 0.25) is 10.0 Å². The molecule has 1 aromatic carbocycles. The van der Waals surface area contributed by atoms with Crippen molar-refractivity contribution in [2.24, 2.45) is 5.92 Å². The molecule has 1 aliphatic carbocycles. The average Bonchev–Trinajstić information content (AvgIpc) is 2.65. The lowest BCUT2D eigenvalue weighted by atomic mass is 9.87. The molecule has 0 atom stereocenters. The van der Waals surface area contributed by atoms with E-state index in [9.17, 15) is 8.42 Å². The van der Waals surface area contributed by atoms with Crippen LogP contribution in [0.5, 0.6) is 0 Å². The highest BCUT2D eigenvalue weighted by Crippen LogP contribution is 2.26. The van der Waals surface area contributed by atoms with Crippen LogP contribution in [0.4, 0.5) is 0 Å². The molecule has 0 aliphatic heterocycles. The van der Waals surface area contributed by atoms with Crippen molar-refractivity contribution in [3.8, 4) is 0 Å². The molecule has 0 radical (unpaired) electrons. The first-order valence-corrected chi connectivity index (χ1v) is 11.8. The molecule has 0 bridgehead atoms. The molecular weight excluding hydrogens is 416 g/mol. The molecule has 148 valence electrons. The van der Waals surface area contributed by atoms with Gasteiger partial charge in [-0.05, 0) is 69.0 Å². The number of hydrogen-bond donors (Lipinski definition) is 1. The fraction of sp³-hybridized carbons (Fsp3) is 0.684. The maximum atomic E-state index is 12.4. The van der Waals surface area contributed by atoms with Crippen LogP contribution in [0.3, 0.4) is 0 Å². The van der Waals surface area contributed by atoms with Crippen LogP contribution in [0.25, 0.3) is 0 Å². The van der Waals surface area contributed by atoms with E-state index in [2.05, 4.69) is 39.4 Å². The van der Waals surface area contributed by atoms with Gasteiger partial charge in [-0.2, -0.15) is 0 Å². The zero-order chi connectivity index (χ0) is 19.0. The Labute approximate surface area is 166 Å². The van der Waals surface area contributed by atoms with Gasteiger partial charge >= 0.3 is 0 Å². The molecule has 0 saturated heterocycles. The van der Waals surface area contributed by atoms with E-state index >= 15 is 0 Å². The van der Waals surface area contributed by atoms with Crippen molar-refractivity contribution in [3.63, 3.8) is 0 Å². The normalized spacial score (nSPS) is 21.2. The number of sulfonamides is 1. The van der Waals surface area contributed by atoms with Crippen LogP contribution in [0.1, 0.15) is 39.5 Å². The Kier molecular flexibility index (Phi) is 9.03. The summed E-state index contributed by atoms with van der Waals surface area (Å²) in [6.07, 6.45) is 4.38. The van der Waals surface area contributed by atoms with Crippen LogP contribution >= 0.6 is 15.9 Å². The van der Waals surface area contributed by atoms with Gasteiger partial charge < -0.3 is 9.64 Å². The van der Waals surface area contributed by atoms with Gasteiger partial charge in [0.15, 0.2) is 0 Å². The summed E-state index contributed by atoms with van der Waals surface area (Å²) in [6, 6.07) is 6.73. The smallest absolute Gasteiger partial charge is 0.240 e. The Morgan fingerprint density at radius 3 is 2.31 bits per heavy atom. The molecule has 5 nitrogen and oxygen atoms in total. The Balaban J connectivity index is 1.69. The summed E-state index contributed by atoms with van der Waals surface area (Å²) in [5.74, 6) is 0.392. The van der Waals surface area contributed by atoms with Crippen molar-refractivity contribution in [2.75, 3.05) is 32.8 Å². The number of halogens is 1. The van der Waals surface area contributed by atoms with E-state index in [1.165, 1.54) is 0 Å². The molecule has 0 spiro atoms. The van der Waals surface area contributed by atoms with Gasteiger partial charge in [0.1, 0.15) is 0 Å². The Hall–Kier alpha value is -0.470. The van der Waals surface area contributed by atoms with Crippen LogP contribution in [-0.4, -0.2) is 52.2 Å². The van der Waals surface area contributed by atoms with Crippen molar-refractivity contribution in [3.05, 3.63) is 28.7 Å². The van der Waals surface area contributed by atoms with Gasteiger partial charge in [-0.1, -0.05) is 29.8 Å². The number of nitrogens with one attached hydrogen (secondary N) is 1. The van der Waals surface area contributed by atoms with Crippen LogP contribution in [0.15, 0.2) is 33.6 Å². The second-order valence-corrected chi connectivity index (χ2v) is 9.53. The summed E-state index contributed by atoms with van der Waals surface area (Å²) in [4.78, 5) is 2.68. The molecule has 0 amide bonds.